The molecule has 1 aliphatic carbocycles. The van der Waals surface area contributed by atoms with Crippen molar-refractivity contribution in [3.05, 3.63) is 198 Å². The van der Waals surface area contributed by atoms with Crippen molar-refractivity contribution >= 4 is 0 Å². The van der Waals surface area contributed by atoms with E-state index in [1.807, 2.05) is 72.8 Å². The summed E-state index contributed by atoms with van der Waals surface area (Å²) in [5, 5.41) is 9.21. The fraction of sp³-hybridized carbons (Fsp3) is 0.0213. The van der Waals surface area contributed by atoms with Crippen LogP contribution < -0.4 is 4.74 Å². The molecule has 10 rings (SSSR count). The number of fused-ring (bicyclic) bond motifs is 9. The second kappa shape index (κ2) is 11.7. The van der Waals surface area contributed by atoms with Crippen molar-refractivity contribution in [3.8, 4) is 74.0 Å². The van der Waals surface area contributed by atoms with Gasteiger partial charge in [-0.3, -0.25) is 0 Å². The molecule has 1 spiro atoms. The lowest BCUT2D eigenvalue weighted by Crippen LogP contribution is -2.32. The number of aromatic nitrogens is 3. The maximum Gasteiger partial charge on any atom is 0.164 e. The van der Waals surface area contributed by atoms with Crippen LogP contribution in [-0.4, -0.2) is 15.0 Å². The van der Waals surface area contributed by atoms with E-state index in [4.69, 9.17) is 19.7 Å². The fourth-order valence-electron chi connectivity index (χ4n) is 7.90. The molecule has 0 saturated carbocycles. The quantitative estimate of drug-likeness (QED) is 0.187. The molecule has 0 bridgehead atoms. The van der Waals surface area contributed by atoms with Gasteiger partial charge in [-0.2, -0.15) is 5.26 Å². The van der Waals surface area contributed by atoms with E-state index in [0.717, 1.165) is 50.4 Å². The van der Waals surface area contributed by atoms with Gasteiger partial charge in [0, 0.05) is 27.8 Å². The van der Waals surface area contributed by atoms with Crippen LogP contribution in [0, 0.1) is 11.3 Å². The summed E-state index contributed by atoms with van der Waals surface area (Å²) < 4.78 is 6.77. The average Bonchev–Trinajstić information content (AvgIpc) is 3.51. The van der Waals surface area contributed by atoms with Gasteiger partial charge in [0.15, 0.2) is 17.5 Å². The van der Waals surface area contributed by atoms with Crippen LogP contribution in [0.5, 0.6) is 11.5 Å². The first-order chi connectivity index (χ1) is 25.7. The maximum absolute atomic E-state index is 9.21. The molecular formula is C47H28N4O. The molecule has 52 heavy (non-hydrogen) atoms. The van der Waals surface area contributed by atoms with Crippen LogP contribution in [0.4, 0.5) is 0 Å². The molecule has 1 aliphatic heterocycles. The normalized spacial score (nSPS) is 12.9. The highest BCUT2D eigenvalue weighted by molar-refractivity contribution is 5.89. The molecular weight excluding hydrogens is 637 g/mol. The van der Waals surface area contributed by atoms with E-state index in [1.165, 1.54) is 22.3 Å². The Bertz CT molecular complexity index is 2670. The minimum Gasteiger partial charge on any atom is -0.457 e. The summed E-state index contributed by atoms with van der Waals surface area (Å²) in [4.78, 5) is 15.1. The molecule has 2 heterocycles. The number of nitrogens with zero attached hydrogens (tertiary/aromatic N) is 4. The van der Waals surface area contributed by atoms with Crippen molar-refractivity contribution < 1.29 is 4.74 Å². The van der Waals surface area contributed by atoms with Gasteiger partial charge in [-0.1, -0.05) is 146 Å². The van der Waals surface area contributed by atoms with Crippen LogP contribution in [0.25, 0.3) is 56.4 Å². The molecule has 0 fully saturated rings. The SMILES string of the molecule is N#Cc1ccc(-c2ccc(-c3nc(-c4ccccc4)nc(-c4ccc5c(c4)Oc4ccccc4C54c5ccccc5-c5ccccc54)n3)cc2)cc1. The third kappa shape index (κ3) is 4.52. The van der Waals surface area contributed by atoms with E-state index in [-0.39, 0.29) is 0 Å². The third-order valence-electron chi connectivity index (χ3n) is 10.3. The van der Waals surface area contributed by atoms with E-state index < -0.39 is 5.41 Å². The highest BCUT2D eigenvalue weighted by atomic mass is 16.5. The second-order valence-corrected chi connectivity index (χ2v) is 13.1. The summed E-state index contributed by atoms with van der Waals surface area (Å²) in [7, 11) is 0. The summed E-state index contributed by atoms with van der Waals surface area (Å²) in [5.74, 6) is 3.34. The minimum atomic E-state index is -0.536. The van der Waals surface area contributed by atoms with Crippen LogP contribution in [-0.2, 0) is 5.41 Å². The van der Waals surface area contributed by atoms with Crippen molar-refractivity contribution in [2.75, 3.05) is 0 Å². The number of nitriles is 1. The average molecular weight is 665 g/mol. The van der Waals surface area contributed by atoms with E-state index in [9.17, 15) is 5.26 Å². The van der Waals surface area contributed by atoms with Gasteiger partial charge in [-0.25, -0.2) is 15.0 Å². The fourth-order valence-corrected chi connectivity index (χ4v) is 7.90. The van der Waals surface area contributed by atoms with Gasteiger partial charge in [-0.05, 0) is 57.6 Å². The first-order valence-corrected chi connectivity index (χ1v) is 17.2. The van der Waals surface area contributed by atoms with Gasteiger partial charge in [0.25, 0.3) is 0 Å². The topological polar surface area (TPSA) is 71.7 Å². The Balaban J connectivity index is 1.13. The zero-order valence-electron chi connectivity index (χ0n) is 27.9. The molecule has 0 atom stereocenters. The van der Waals surface area contributed by atoms with E-state index in [0.29, 0.717) is 23.0 Å². The van der Waals surface area contributed by atoms with Gasteiger partial charge >= 0.3 is 0 Å². The van der Waals surface area contributed by atoms with E-state index >= 15 is 0 Å². The Morgan fingerprint density at radius 2 is 0.865 bits per heavy atom. The lowest BCUT2D eigenvalue weighted by molar-refractivity contribution is 0.436. The summed E-state index contributed by atoms with van der Waals surface area (Å²) in [6, 6.07) is 60.2. The first kappa shape index (κ1) is 29.7. The van der Waals surface area contributed by atoms with Gasteiger partial charge in [0.2, 0.25) is 0 Å². The predicted molar refractivity (Wildman–Crippen MR) is 204 cm³/mol. The number of hydrogen-bond acceptors (Lipinski definition) is 5. The van der Waals surface area contributed by atoms with Crippen LogP contribution >= 0.6 is 0 Å². The molecule has 5 heteroatoms. The number of hydrogen-bond donors (Lipinski definition) is 0. The van der Waals surface area contributed by atoms with Crippen molar-refractivity contribution in [1.29, 1.82) is 5.26 Å². The molecule has 242 valence electrons. The van der Waals surface area contributed by atoms with Gasteiger partial charge < -0.3 is 4.74 Å². The molecule has 0 N–H and O–H groups in total. The summed E-state index contributed by atoms with van der Waals surface area (Å²) in [6.45, 7) is 0. The lowest BCUT2D eigenvalue weighted by Gasteiger charge is -2.39. The maximum atomic E-state index is 9.21. The van der Waals surface area contributed by atoms with Crippen molar-refractivity contribution in [1.82, 2.24) is 15.0 Å². The molecule has 0 amide bonds. The molecule has 8 aromatic rings. The zero-order chi connectivity index (χ0) is 34.6. The van der Waals surface area contributed by atoms with Gasteiger partial charge in [0.1, 0.15) is 11.5 Å². The largest absolute Gasteiger partial charge is 0.457 e. The van der Waals surface area contributed by atoms with Crippen molar-refractivity contribution in [2.24, 2.45) is 0 Å². The Morgan fingerprint density at radius 1 is 0.404 bits per heavy atom. The Morgan fingerprint density at radius 3 is 1.50 bits per heavy atom. The van der Waals surface area contributed by atoms with Crippen LogP contribution in [0.1, 0.15) is 27.8 Å². The minimum absolute atomic E-state index is 0.536. The van der Waals surface area contributed by atoms with Crippen LogP contribution in [0.15, 0.2) is 170 Å². The highest BCUT2D eigenvalue weighted by Crippen LogP contribution is 2.62. The molecule has 5 nitrogen and oxygen atoms in total. The molecule has 0 saturated heterocycles. The molecule has 7 aromatic carbocycles. The highest BCUT2D eigenvalue weighted by Gasteiger charge is 2.50. The Hall–Kier alpha value is -7.16. The lowest BCUT2D eigenvalue weighted by atomic mass is 9.66. The molecule has 2 aliphatic rings. The van der Waals surface area contributed by atoms with Gasteiger partial charge in [0.05, 0.1) is 17.0 Å². The number of para-hydroxylation sites is 1. The zero-order valence-corrected chi connectivity index (χ0v) is 27.9. The molecule has 0 radical (unpaired) electrons. The van der Waals surface area contributed by atoms with Gasteiger partial charge in [-0.15, -0.1) is 0 Å². The number of rotatable bonds is 4. The van der Waals surface area contributed by atoms with E-state index in [1.54, 1.807) is 0 Å². The summed E-state index contributed by atoms with van der Waals surface area (Å²) in [5.41, 5.74) is 12.0. The van der Waals surface area contributed by atoms with Crippen molar-refractivity contribution in [3.63, 3.8) is 0 Å². The van der Waals surface area contributed by atoms with Crippen LogP contribution in [0.2, 0.25) is 0 Å². The molecule has 0 unspecified atom stereocenters. The second-order valence-electron chi connectivity index (χ2n) is 13.1. The molecule has 1 aromatic heterocycles. The monoisotopic (exact) mass is 664 g/mol. The Labute approximate surface area is 301 Å². The standard InChI is InChI=1S/C47H28N4O/c48-29-30-18-20-31(21-19-30)32-22-24-34(25-23-32)45-49-44(33-10-2-1-3-11-33)50-46(51-45)35-26-27-41-43(28-35)52-42-17-9-8-16-40(42)47(41)38-14-6-4-12-36(38)37-13-5-7-15-39(37)47/h1-28H. The number of benzene rings is 7. The Kier molecular flexibility index (Phi) is 6.70. The smallest absolute Gasteiger partial charge is 0.164 e. The van der Waals surface area contributed by atoms with E-state index in [2.05, 4.69) is 103 Å². The summed E-state index contributed by atoms with van der Waals surface area (Å²) >= 11 is 0. The predicted octanol–water partition coefficient (Wildman–Crippen LogP) is 10.9. The first-order valence-electron chi connectivity index (χ1n) is 17.2. The van der Waals surface area contributed by atoms with Crippen molar-refractivity contribution in [2.45, 2.75) is 5.41 Å². The summed E-state index contributed by atoms with van der Waals surface area (Å²) in [6.07, 6.45) is 0. The third-order valence-corrected chi connectivity index (χ3v) is 10.3. The van der Waals surface area contributed by atoms with Crippen LogP contribution in [0.3, 0.4) is 0 Å². The number of ether oxygens (including phenoxy) is 1.